The molecule has 1 unspecified atom stereocenters. The minimum absolute atomic E-state index is 0.0664. The van der Waals surface area contributed by atoms with Crippen molar-refractivity contribution in [2.24, 2.45) is 5.73 Å². The van der Waals surface area contributed by atoms with Gasteiger partial charge < -0.3 is 10.3 Å². The third-order valence-electron chi connectivity index (χ3n) is 3.84. The third kappa shape index (κ3) is 2.34. The Kier molecular flexibility index (Phi) is 3.22. The van der Waals surface area contributed by atoms with Crippen LogP contribution in [0.25, 0.3) is 0 Å². The summed E-state index contributed by atoms with van der Waals surface area (Å²) >= 11 is 0. The molecule has 1 atom stereocenters. The molecule has 0 saturated carbocycles. The van der Waals surface area contributed by atoms with Gasteiger partial charge in [-0.2, -0.15) is 0 Å². The molecule has 1 aromatic heterocycles. The smallest absolute Gasteiger partial charge is 0.251 e. The van der Waals surface area contributed by atoms with Crippen molar-refractivity contribution >= 4 is 0 Å². The van der Waals surface area contributed by atoms with Gasteiger partial charge in [0.25, 0.3) is 5.56 Å². The molecule has 3 heteroatoms. The van der Waals surface area contributed by atoms with E-state index in [1.165, 1.54) is 0 Å². The monoisotopic (exact) mass is 254 g/mol. The molecule has 2 aromatic rings. The first kappa shape index (κ1) is 12.2. The van der Waals surface area contributed by atoms with E-state index in [4.69, 9.17) is 5.73 Å². The van der Waals surface area contributed by atoms with Crippen LogP contribution in [0.2, 0.25) is 0 Å². The molecule has 0 spiro atoms. The van der Waals surface area contributed by atoms with E-state index in [2.05, 4.69) is 12.1 Å². The van der Waals surface area contributed by atoms with E-state index in [9.17, 15) is 4.79 Å². The number of fused-ring (bicyclic) bond motifs is 1. The summed E-state index contributed by atoms with van der Waals surface area (Å²) in [7, 11) is 0. The second kappa shape index (κ2) is 5.02. The van der Waals surface area contributed by atoms with E-state index in [1.807, 2.05) is 28.8 Å². The predicted octanol–water partition coefficient (Wildman–Crippen LogP) is 2.23. The largest absolute Gasteiger partial charge is 0.324 e. The molecule has 1 aliphatic carbocycles. The van der Waals surface area contributed by atoms with E-state index in [1.54, 1.807) is 6.07 Å². The highest BCUT2D eigenvalue weighted by molar-refractivity contribution is 5.28. The number of hydrogen-bond donors (Lipinski definition) is 1. The lowest BCUT2D eigenvalue weighted by Gasteiger charge is -2.25. The summed E-state index contributed by atoms with van der Waals surface area (Å²) in [5.74, 6) is 0. The molecule has 2 N–H and O–H groups in total. The maximum atomic E-state index is 12.1. The Balaban J connectivity index is 2.06. The fourth-order valence-electron chi connectivity index (χ4n) is 2.84. The maximum absolute atomic E-state index is 12.1. The summed E-state index contributed by atoms with van der Waals surface area (Å²) < 4.78 is 1.88. The summed E-state index contributed by atoms with van der Waals surface area (Å²) in [6.07, 6.45) is 3.02. The topological polar surface area (TPSA) is 48.0 Å². The molecule has 98 valence electrons. The molecule has 0 saturated heterocycles. The number of benzene rings is 1. The van der Waals surface area contributed by atoms with Crippen molar-refractivity contribution < 1.29 is 0 Å². The molecule has 3 rings (SSSR count). The van der Waals surface area contributed by atoms with Crippen molar-refractivity contribution in [2.45, 2.75) is 31.8 Å². The minimum atomic E-state index is 0.0664. The van der Waals surface area contributed by atoms with Crippen molar-refractivity contribution in [3.8, 4) is 0 Å². The first-order chi connectivity index (χ1) is 9.25. The van der Waals surface area contributed by atoms with Gasteiger partial charge in [-0.1, -0.05) is 36.4 Å². The highest BCUT2D eigenvalue weighted by atomic mass is 16.1. The van der Waals surface area contributed by atoms with E-state index < -0.39 is 0 Å². The Bertz CT molecular complexity index is 631. The molecule has 0 fully saturated rings. The zero-order valence-corrected chi connectivity index (χ0v) is 10.9. The van der Waals surface area contributed by atoms with Gasteiger partial charge in [0, 0.05) is 17.8 Å². The van der Waals surface area contributed by atoms with Crippen molar-refractivity contribution in [3.05, 3.63) is 69.6 Å². The van der Waals surface area contributed by atoms with E-state index in [0.717, 1.165) is 36.1 Å². The highest BCUT2D eigenvalue weighted by Crippen LogP contribution is 2.26. The van der Waals surface area contributed by atoms with E-state index in [-0.39, 0.29) is 11.6 Å². The lowest BCUT2D eigenvalue weighted by Crippen LogP contribution is -2.29. The molecule has 1 aliphatic rings. The number of pyridine rings is 1. The molecule has 0 aliphatic heterocycles. The number of nitrogens with zero attached hydrogens (tertiary/aromatic N) is 1. The molecular formula is C16H18N2O. The zero-order valence-electron chi connectivity index (χ0n) is 10.9. The SMILES string of the molecule is NC1CCCc2c1ccc(=O)n2Cc1ccccc1. The van der Waals surface area contributed by atoms with Crippen LogP contribution in [0, 0.1) is 0 Å². The van der Waals surface area contributed by atoms with Crippen LogP contribution < -0.4 is 11.3 Å². The van der Waals surface area contributed by atoms with Gasteiger partial charge >= 0.3 is 0 Å². The zero-order chi connectivity index (χ0) is 13.2. The van der Waals surface area contributed by atoms with Crippen LogP contribution in [0.4, 0.5) is 0 Å². The van der Waals surface area contributed by atoms with Gasteiger partial charge in [-0.25, -0.2) is 0 Å². The van der Waals surface area contributed by atoms with Crippen molar-refractivity contribution in [2.75, 3.05) is 0 Å². The Morgan fingerprint density at radius 2 is 1.95 bits per heavy atom. The van der Waals surface area contributed by atoms with Crippen LogP contribution in [0.1, 0.15) is 35.7 Å². The van der Waals surface area contributed by atoms with E-state index in [0.29, 0.717) is 6.54 Å². The van der Waals surface area contributed by atoms with Crippen LogP contribution in [0.15, 0.2) is 47.3 Å². The molecule has 3 nitrogen and oxygen atoms in total. The first-order valence-corrected chi connectivity index (χ1v) is 6.78. The Morgan fingerprint density at radius 1 is 1.16 bits per heavy atom. The van der Waals surface area contributed by atoms with E-state index >= 15 is 0 Å². The molecule has 1 heterocycles. The summed E-state index contributed by atoms with van der Waals surface area (Å²) in [6.45, 7) is 0.634. The fraction of sp³-hybridized carbons (Fsp3) is 0.312. The van der Waals surface area contributed by atoms with Crippen LogP contribution in [0.5, 0.6) is 0 Å². The second-order valence-electron chi connectivity index (χ2n) is 5.14. The Morgan fingerprint density at radius 3 is 2.74 bits per heavy atom. The molecule has 1 aromatic carbocycles. The van der Waals surface area contributed by atoms with Gasteiger partial charge in [-0.15, -0.1) is 0 Å². The lowest BCUT2D eigenvalue weighted by atomic mass is 9.91. The van der Waals surface area contributed by atoms with Gasteiger partial charge in [0.2, 0.25) is 0 Å². The quantitative estimate of drug-likeness (QED) is 0.893. The molecule has 0 bridgehead atoms. The summed E-state index contributed by atoms with van der Waals surface area (Å²) in [6, 6.07) is 13.7. The Labute approximate surface area is 112 Å². The second-order valence-corrected chi connectivity index (χ2v) is 5.14. The summed E-state index contributed by atoms with van der Waals surface area (Å²) in [4.78, 5) is 12.1. The summed E-state index contributed by atoms with van der Waals surface area (Å²) in [5.41, 5.74) is 9.62. The normalized spacial score (nSPS) is 18.1. The number of nitrogens with two attached hydrogens (primary N) is 1. The van der Waals surface area contributed by atoms with Crippen LogP contribution >= 0.6 is 0 Å². The van der Waals surface area contributed by atoms with Gasteiger partial charge in [-0.05, 0) is 30.4 Å². The molecule has 0 radical (unpaired) electrons. The minimum Gasteiger partial charge on any atom is -0.324 e. The molecular weight excluding hydrogens is 236 g/mol. The van der Waals surface area contributed by atoms with Crippen molar-refractivity contribution in [1.82, 2.24) is 4.57 Å². The van der Waals surface area contributed by atoms with Gasteiger partial charge in [0.15, 0.2) is 0 Å². The maximum Gasteiger partial charge on any atom is 0.251 e. The third-order valence-corrected chi connectivity index (χ3v) is 3.84. The molecule has 19 heavy (non-hydrogen) atoms. The van der Waals surface area contributed by atoms with Gasteiger partial charge in [-0.3, -0.25) is 4.79 Å². The predicted molar refractivity (Wildman–Crippen MR) is 76.1 cm³/mol. The number of rotatable bonds is 2. The first-order valence-electron chi connectivity index (χ1n) is 6.78. The lowest BCUT2D eigenvalue weighted by molar-refractivity contribution is 0.529. The van der Waals surface area contributed by atoms with Gasteiger partial charge in [0.05, 0.1) is 6.54 Å². The fourth-order valence-corrected chi connectivity index (χ4v) is 2.84. The average Bonchev–Trinajstić information content (AvgIpc) is 2.43. The van der Waals surface area contributed by atoms with Gasteiger partial charge in [0.1, 0.15) is 0 Å². The molecule has 0 amide bonds. The summed E-state index contributed by atoms with van der Waals surface area (Å²) in [5, 5.41) is 0. The van der Waals surface area contributed by atoms with Crippen LogP contribution in [-0.2, 0) is 13.0 Å². The standard InChI is InChI=1S/C16H18N2O/c17-14-7-4-8-15-13(14)9-10-16(19)18(15)11-12-5-2-1-3-6-12/h1-3,5-6,9-10,14H,4,7-8,11,17H2. The number of hydrogen-bond acceptors (Lipinski definition) is 2. The number of aromatic nitrogens is 1. The van der Waals surface area contributed by atoms with Crippen LogP contribution in [0.3, 0.4) is 0 Å². The highest BCUT2D eigenvalue weighted by Gasteiger charge is 2.20. The Hall–Kier alpha value is -1.87. The average molecular weight is 254 g/mol. The van der Waals surface area contributed by atoms with Crippen molar-refractivity contribution in [3.63, 3.8) is 0 Å². The van der Waals surface area contributed by atoms with Crippen molar-refractivity contribution in [1.29, 1.82) is 0 Å². The van der Waals surface area contributed by atoms with Crippen LogP contribution in [-0.4, -0.2) is 4.57 Å².